The summed E-state index contributed by atoms with van der Waals surface area (Å²) in [5.41, 5.74) is 1.31. The average molecular weight is 547 g/mol. The Kier molecular flexibility index (Phi) is 14.2. The first-order valence-electron chi connectivity index (χ1n) is 14.0. The molecule has 36 heavy (non-hydrogen) atoms. The molecule has 0 bridgehead atoms. The normalized spacial score (nSPS) is 15.2. The van der Waals surface area contributed by atoms with Gasteiger partial charge in [-0.25, -0.2) is 9.59 Å². The highest BCUT2D eigenvalue weighted by molar-refractivity contribution is 6.78. The third-order valence-electron chi connectivity index (χ3n) is 7.52. The molecule has 0 N–H and O–H groups in total. The van der Waals surface area contributed by atoms with Crippen molar-refractivity contribution in [1.29, 1.82) is 0 Å². The van der Waals surface area contributed by atoms with Crippen LogP contribution < -0.4 is 0 Å². The maximum absolute atomic E-state index is 13.7. The molecule has 0 aromatic carbocycles. The van der Waals surface area contributed by atoms with E-state index in [1.807, 2.05) is 27.7 Å². The van der Waals surface area contributed by atoms with Gasteiger partial charge in [0.25, 0.3) is 0 Å². The minimum atomic E-state index is -2.58. The highest BCUT2D eigenvalue weighted by atomic mass is 28.4. The molecular weight excluding hydrogens is 488 g/mol. The summed E-state index contributed by atoms with van der Waals surface area (Å²) in [6.07, 6.45) is -3.05. The monoisotopic (exact) mass is 546 g/mol. The van der Waals surface area contributed by atoms with Gasteiger partial charge < -0.3 is 18.3 Å². The Balaban J connectivity index is 7.17. The van der Waals surface area contributed by atoms with E-state index in [2.05, 4.69) is 83.1 Å². The van der Waals surface area contributed by atoms with E-state index in [0.29, 0.717) is 0 Å². The molecule has 0 fully saturated rings. The van der Waals surface area contributed by atoms with E-state index in [1.54, 1.807) is 0 Å². The first kappa shape index (κ1) is 35.3. The quantitative estimate of drug-likeness (QED) is 0.153. The first-order chi connectivity index (χ1) is 16.3. The van der Waals surface area contributed by atoms with Gasteiger partial charge in [0.15, 0.2) is 12.2 Å². The molecule has 0 amide bonds. The fourth-order valence-electron chi connectivity index (χ4n) is 6.32. The maximum atomic E-state index is 13.7. The topological polar surface area (TPSA) is 71.1 Å². The third-order valence-corrected chi connectivity index (χ3v) is 19.7. The van der Waals surface area contributed by atoms with Crippen molar-refractivity contribution < 1.29 is 27.9 Å². The van der Waals surface area contributed by atoms with Gasteiger partial charge in [-0.1, -0.05) is 83.1 Å². The highest BCUT2D eigenvalue weighted by Gasteiger charge is 2.55. The number of rotatable bonds is 15. The summed E-state index contributed by atoms with van der Waals surface area (Å²) in [4.78, 5) is 27.5. The van der Waals surface area contributed by atoms with Crippen molar-refractivity contribution in [3.8, 4) is 0 Å². The molecule has 214 valence electrons. The SMILES string of the molecule is CC(C)OC(=O)C(O[Si](C(C)C)(C(C)C)C(C)C)C(O[Si](C(C)C)(C(C)C)C(C)C)C(=O)OC(C)C. The zero-order valence-electron chi connectivity index (χ0n) is 26.2. The first-order valence-corrected chi connectivity index (χ1v) is 18.3. The van der Waals surface area contributed by atoms with Crippen molar-refractivity contribution in [1.82, 2.24) is 0 Å². The molecule has 8 heteroatoms. The van der Waals surface area contributed by atoms with Crippen LogP contribution in [0.1, 0.15) is 111 Å². The number of esters is 2. The van der Waals surface area contributed by atoms with Gasteiger partial charge in [-0.3, -0.25) is 0 Å². The zero-order valence-corrected chi connectivity index (χ0v) is 28.2. The van der Waals surface area contributed by atoms with Crippen LogP contribution in [0, 0.1) is 0 Å². The van der Waals surface area contributed by atoms with E-state index in [4.69, 9.17) is 18.3 Å². The Morgan fingerprint density at radius 2 is 0.611 bits per heavy atom. The highest BCUT2D eigenvalue weighted by Crippen LogP contribution is 2.46. The van der Waals surface area contributed by atoms with E-state index in [0.717, 1.165) is 0 Å². The molecule has 0 spiro atoms. The van der Waals surface area contributed by atoms with Crippen LogP contribution in [0.15, 0.2) is 0 Å². The fraction of sp³-hybridized carbons (Fsp3) is 0.929. The van der Waals surface area contributed by atoms with Crippen molar-refractivity contribution in [3.05, 3.63) is 0 Å². The van der Waals surface area contributed by atoms with Crippen LogP contribution in [0.25, 0.3) is 0 Å². The van der Waals surface area contributed by atoms with Crippen LogP contribution in [0.5, 0.6) is 0 Å². The van der Waals surface area contributed by atoms with E-state index in [-0.39, 0.29) is 45.5 Å². The molecule has 0 heterocycles. The van der Waals surface area contributed by atoms with Crippen LogP contribution in [-0.2, 0) is 27.9 Å². The van der Waals surface area contributed by atoms with Crippen molar-refractivity contribution in [2.24, 2.45) is 0 Å². The predicted molar refractivity (Wildman–Crippen MR) is 154 cm³/mol. The maximum Gasteiger partial charge on any atom is 0.337 e. The molecule has 0 radical (unpaired) electrons. The Bertz CT molecular complexity index is 584. The standard InChI is InChI=1S/C28H58O6Si2/c1-17(2)31-27(29)25(33-35(19(5)6,20(7)8)21(9)10)26(28(30)32-18(3)4)34-36(22(11)12,23(13)14)24(15)16/h17-26H,1-16H3. The number of hydrogen-bond donors (Lipinski definition) is 0. The molecule has 2 unspecified atom stereocenters. The summed E-state index contributed by atoms with van der Waals surface area (Å²) in [5.74, 6) is -1.10. The summed E-state index contributed by atoms with van der Waals surface area (Å²) < 4.78 is 25.4. The molecule has 0 rings (SSSR count). The molecular formula is C28H58O6Si2. The Morgan fingerprint density at radius 3 is 0.750 bits per heavy atom. The minimum Gasteiger partial charge on any atom is -0.461 e. The van der Waals surface area contributed by atoms with Gasteiger partial charge in [0.05, 0.1) is 12.2 Å². The number of carbonyl (C=O) groups excluding carboxylic acids is 2. The van der Waals surface area contributed by atoms with Crippen LogP contribution in [0.4, 0.5) is 0 Å². The minimum absolute atomic E-state index is 0.218. The van der Waals surface area contributed by atoms with Gasteiger partial charge in [0.2, 0.25) is 16.6 Å². The van der Waals surface area contributed by atoms with Crippen LogP contribution in [0.2, 0.25) is 33.2 Å². The lowest BCUT2D eigenvalue weighted by Gasteiger charge is -2.48. The van der Waals surface area contributed by atoms with Crippen molar-refractivity contribution >= 4 is 28.6 Å². The number of hydrogen-bond acceptors (Lipinski definition) is 6. The number of ether oxygens (including phenoxy) is 2. The van der Waals surface area contributed by atoms with E-state index < -0.39 is 40.8 Å². The molecule has 0 saturated carbocycles. The third kappa shape index (κ3) is 8.14. The van der Waals surface area contributed by atoms with Crippen LogP contribution in [0.3, 0.4) is 0 Å². The number of carbonyl (C=O) groups is 2. The molecule has 6 nitrogen and oxygen atoms in total. The summed E-state index contributed by atoms with van der Waals surface area (Å²) in [6.45, 7) is 33.2. The van der Waals surface area contributed by atoms with Gasteiger partial charge in [-0.15, -0.1) is 0 Å². The van der Waals surface area contributed by atoms with Gasteiger partial charge in [0, 0.05) is 0 Å². The Labute approximate surface area is 224 Å². The summed E-state index contributed by atoms with van der Waals surface area (Å²) in [5, 5.41) is 0. The molecule has 2 atom stereocenters. The summed E-state index contributed by atoms with van der Waals surface area (Å²) >= 11 is 0. The second-order valence-electron chi connectivity index (χ2n) is 12.7. The van der Waals surface area contributed by atoms with Gasteiger partial charge in [0.1, 0.15) is 0 Å². The van der Waals surface area contributed by atoms with Crippen LogP contribution >= 0.6 is 0 Å². The van der Waals surface area contributed by atoms with Gasteiger partial charge >= 0.3 is 11.9 Å². The zero-order chi connectivity index (χ0) is 28.8. The van der Waals surface area contributed by atoms with E-state index in [9.17, 15) is 9.59 Å². The smallest absolute Gasteiger partial charge is 0.337 e. The Hall–Kier alpha value is -0.706. The summed E-state index contributed by atoms with van der Waals surface area (Å²) in [6, 6.07) is 0. The largest absolute Gasteiger partial charge is 0.461 e. The molecule has 0 aromatic rings. The molecule has 0 aliphatic carbocycles. The molecule has 0 aromatic heterocycles. The fourth-order valence-corrected chi connectivity index (χ4v) is 17.3. The lowest BCUT2D eigenvalue weighted by molar-refractivity contribution is -0.175. The van der Waals surface area contributed by atoms with Crippen molar-refractivity contribution in [3.63, 3.8) is 0 Å². The predicted octanol–water partition coefficient (Wildman–Crippen LogP) is 8.01. The average Bonchev–Trinajstić information content (AvgIpc) is 2.67. The van der Waals surface area contributed by atoms with Gasteiger partial charge in [-0.2, -0.15) is 0 Å². The van der Waals surface area contributed by atoms with E-state index >= 15 is 0 Å². The second-order valence-corrected chi connectivity index (χ2v) is 23.5. The Morgan fingerprint density at radius 1 is 0.417 bits per heavy atom. The van der Waals surface area contributed by atoms with Crippen molar-refractivity contribution in [2.75, 3.05) is 0 Å². The lowest BCUT2D eigenvalue weighted by Crippen LogP contribution is -2.61. The lowest BCUT2D eigenvalue weighted by atomic mass is 10.2. The molecule has 0 aliphatic rings. The molecule has 0 aliphatic heterocycles. The van der Waals surface area contributed by atoms with Crippen LogP contribution in [-0.4, -0.2) is 53.0 Å². The van der Waals surface area contributed by atoms with Crippen molar-refractivity contribution in [2.45, 2.75) is 168 Å². The second kappa shape index (κ2) is 14.4. The summed E-state index contributed by atoms with van der Waals surface area (Å²) in [7, 11) is -5.17. The van der Waals surface area contributed by atoms with Gasteiger partial charge in [-0.05, 0) is 60.9 Å². The van der Waals surface area contributed by atoms with E-state index in [1.165, 1.54) is 0 Å². The molecule has 0 saturated heterocycles.